The van der Waals surface area contributed by atoms with Crippen LogP contribution >= 0.6 is 23.4 Å². The number of anilines is 1. The van der Waals surface area contributed by atoms with E-state index >= 15 is 0 Å². The summed E-state index contributed by atoms with van der Waals surface area (Å²) in [5, 5.41) is 1.55. The fraction of sp³-hybridized carbons (Fsp3) is 0.0833. The molecular weight excluding hydrogens is 256 g/mol. The molecule has 0 fully saturated rings. The van der Waals surface area contributed by atoms with Crippen LogP contribution in [-0.4, -0.2) is 12.1 Å². The average molecular weight is 267 g/mol. The molecule has 2 rings (SSSR count). The van der Waals surface area contributed by atoms with Crippen molar-refractivity contribution in [3.05, 3.63) is 41.4 Å². The molecule has 0 saturated carbocycles. The maximum absolute atomic E-state index is 5.82. The van der Waals surface area contributed by atoms with Crippen molar-refractivity contribution in [1.82, 2.24) is 4.98 Å². The first kappa shape index (κ1) is 12.1. The standard InChI is InChI=1S/C12H11ClN2OS/c1-16-12-10(14)6-7-11(15-12)17-9-4-2-8(13)3-5-9/h2-7H,14H2,1H3. The molecule has 0 unspecified atom stereocenters. The van der Waals surface area contributed by atoms with Crippen LogP contribution in [0.2, 0.25) is 5.02 Å². The molecule has 1 aromatic heterocycles. The number of methoxy groups -OCH3 is 1. The van der Waals surface area contributed by atoms with Gasteiger partial charge in [0.2, 0.25) is 5.88 Å². The number of benzene rings is 1. The van der Waals surface area contributed by atoms with E-state index in [2.05, 4.69) is 4.98 Å². The monoisotopic (exact) mass is 266 g/mol. The number of hydrogen-bond acceptors (Lipinski definition) is 4. The van der Waals surface area contributed by atoms with E-state index in [0.717, 1.165) is 14.9 Å². The molecule has 2 N–H and O–H groups in total. The molecule has 0 saturated heterocycles. The number of pyridine rings is 1. The zero-order valence-electron chi connectivity index (χ0n) is 9.18. The molecule has 1 heterocycles. The number of halogens is 1. The predicted octanol–water partition coefficient (Wildman–Crippen LogP) is 3.48. The maximum Gasteiger partial charge on any atom is 0.237 e. The molecule has 0 aliphatic rings. The summed E-state index contributed by atoms with van der Waals surface area (Å²) in [6.07, 6.45) is 0. The number of aromatic nitrogens is 1. The SMILES string of the molecule is COc1nc(Sc2ccc(Cl)cc2)ccc1N. The number of ether oxygens (including phenoxy) is 1. The fourth-order valence-corrected chi connectivity index (χ4v) is 2.18. The summed E-state index contributed by atoms with van der Waals surface area (Å²) in [5.74, 6) is 0.448. The van der Waals surface area contributed by atoms with Gasteiger partial charge in [-0.15, -0.1) is 0 Å². The Morgan fingerprint density at radius 3 is 2.53 bits per heavy atom. The van der Waals surface area contributed by atoms with Gasteiger partial charge in [-0.1, -0.05) is 23.4 Å². The van der Waals surface area contributed by atoms with Crippen LogP contribution in [0.5, 0.6) is 5.88 Å². The van der Waals surface area contributed by atoms with Crippen molar-refractivity contribution in [3.8, 4) is 5.88 Å². The predicted molar refractivity (Wildman–Crippen MR) is 70.8 cm³/mol. The summed E-state index contributed by atoms with van der Waals surface area (Å²) in [4.78, 5) is 5.35. The summed E-state index contributed by atoms with van der Waals surface area (Å²) < 4.78 is 5.07. The average Bonchev–Trinajstić information content (AvgIpc) is 2.34. The van der Waals surface area contributed by atoms with E-state index < -0.39 is 0 Å². The zero-order chi connectivity index (χ0) is 12.3. The first-order valence-corrected chi connectivity index (χ1v) is 6.12. The minimum Gasteiger partial charge on any atom is -0.480 e. The van der Waals surface area contributed by atoms with Crippen LogP contribution in [0.25, 0.3) is 0 Å². The van der Waals surface area contributed by atoms with E-state index in [-0.39, 0.29) is 0 Å². The Kier molecular flexibility index (Phi) is 3.76. The lowest BCUT2D eigenvalue weighted by molar-refractivity contribution is 0.397. The van der Waals surface area contributed by atoms with Gasteiger partial charge in [0.1, 0.15) is 5.03 Å². The molecule has 0 amide bonds. The van der Waals surface area contributed by atoms with Crippen molar-refractivity contribution < 1.29 is 4.74 Å². The molecule has 0 bridgehead atoms. The second-order valence-corrected chi connectivity index (χ2v) is 4.83. The molecule has 0 radical (unpaired) electrons. The van der Waals surface area contributed by atoms with Crippen LogP contribution in [0.4, 0.5) is 5.69 Å². The molecule has 5 heteroatoms. The highest BCUT2D eigenvalue weighted by Gasteiger charge is 2.04. The van der Waals surface area contributed by atoms with Crippen molar-refractivity contribution in [2.45, 2.75) is 9.92 Å². The number of nitrogens with two attached hydrogens (primary N) is 1. The third kappa shape index (κ3) is 3.05. The fourth-order valence-electron chi connectivity index (χ4n) is 1.28. The van der Waals surface area contributed by atoms with Gasteiger partial charge in [0.05, 0.1) is 12.8 Å². The van der Waals surface area contributed by atoms with Gasteiger partial charge < -0.3 is 10.5 Å². The normalized spacial score (nSPS) is 10.2. The zero-order valence-corrected chi connectivity index (χ0v) is 10.8. The van der Waals surface area contributed by atoms with Crippen LogP contribution < -0.4 is 10.5 Å². The van der Waals surface area contributed by atoms with Crippen LogP contribution in [0.3, 0.4) is 0 Å². The topological polar surface area (TPSA) is 48.1 Å². The van der Waals surface area contributed by atoms with Crippen molar-refractivity contribution >= 4 is 29.1 Å². The Bertz CT molecular complexity index is 516. The van der Waals surface area contributed by atoms with Crippen molar-refractivity contribution in [3.63, 3.8) is 0 Å². The summed E-state index contributed by atoms with van der Waals surface area (Å²) in [6, 6.07) is 11.2. The molecule has 2 aromatic rings. The van der Waals surface area contributed by atoms with Gasteiger partial charge in [0.15, 0.2) is 0 Å². The molecule has 0 spiro atoms. The van der Waals surface area contributed by atoms with E-state index in [1.54, 1.807) is 13.2 Å². The Balaban J connectivity index is 2.21. The Hall–Kier alpha value is -1.39. The van der Waals surface area contributed by atoms with Crippen molar-refractivity contribution in [2.75, 3.05) is 12.8 Å². The van der Waals surface area contributed by atoms with Crippen molar-refractivity contribution in [1.29, 1.82) is 0 Å². The number of nitrogens with zero attached hydrogens (tertiary/aromatic N) is 1. The van der Waals surface area contributed by atoms with Gasteiger partial charge in [-0.25, -0.2) is 4.98 Å². The first-order chi connectivity index (χ1) is 8.19. The molecule has 0 aliphatic carbocycles. The summed E-state index contributed by atoms with van der Waals surface area (Å²) in [7, 11) is 1.55. The van der Waals surface area contributed by atoms with E-state index in [9.17, 15) is 0 Å². The number of hydrogen-bond donors (Lipinski definition) is 1. The summed E-state index contributed by atoms with van der Waals surface area (Å²) in [5.41, 5.74) is 6.23. The van der Waals surface area contributed by atoms with Gasteiger partial charge >= 0.3 is 0 Å². The highest BCUT2D eigenvalue weighted by atomic mass is 35.5. The Labute approximate surface area is 109 Å². The van der Waals surface area contributed by atoms with Crippen LogP contribution in [0, 0.1) is 0 Å². The van der Waals surface area contributed by atoms with Gasteiger partial charge in [0, 0.05) is 9.92 Å². The van der Waals surface area contributed by atoms with Crippen LogP contribution in [0.1, 0.15) is 0 Å². The minimum absolute atomic E-state index is 0.448. The molecule has 1 aromatic carbocycles. The molecule has 0 aliphatic heterocycles. The van der Waals surface area contributed by atoms with Crippen molar-refractivity contribution in [2.24, 2.45) is 0 Å². The molecule has 0 atom stereocenters. The third-order valence-corrected chi connectivity index (χ3v) is 3.29. The van der Waals surface area contributed by atoms with E-state index in [1.807, 2.05) is 30.3 Å². The quantitative estimate of drug-likeness (QED) is 0.924. The highest BCUT2D eigenvalue weighted by molar-refractivity contribution is 7.99. The second-order valence-electron chi connectivity index (χ2n) is 3.30. The minimum atomic E-state index is 0.448. The van der Waals surface area contributed by atoms with E-state index in [0.29, 0.717) is 11.6 Å². The second kappa shape index (κ2) is 5.29. The lowest BCUT2D eigenvalue weighted by Crippen LogP contribution is -1.95. The number of rotatable bonds is 3. The smallest absolute Gasteiger partial charge is 0.237 e. The van der Waals surface area contributed by atoms with E-state index in [1.165, 1.54) is 11.8 Å². The Morgan fingerprint density at radius 1 is 1.18 bits per heavy atom. The lowest BCUT2D eigenvalue weighted by atomic mass is 10.4. The van der Waals surface area contributed by atoms with Gasteiger partial charge in [-0.2, -0.15) is 0 Å². The summed E-state index contributed by atoms with van der Waals surface area (Å²) in [6.45, 7) is 0. The maximum atomic E-state index is 5.82. The largest absolute Gasteiger partial charge is 0.480 e. The van der Waals surface area contributed by atoms with E-state index in [4.69, 9.17) is 22.1 Å². The first-order valence-electron chi connectivity index (χ1n) is 4.93. The highest BCUT2D eigenvalue weighted by Crippen LogP contribution is 2.30. The van der Waals surface area contributed by atoms with Gasteiger partial charge in [-0.05, 0) is 36.4 Å². The molecule has 3 nitrogen and oxygen atoms in total. The summed E-state index contributed by atoms with van der Waals surface area (Å²) >= 11 is 7.35. The third-order valence-electron chi connectivity index (χ3n) is 2.09. The van der Waals surface area contributed by atoms with Crippen LogP contribution in [-0.2, 0) is 0 Å². The van der Waals surface area contributed by atoms with Gasteiger partial charge in [-0.3, -0.25) is 0 Å². The van der Waals surface area contributed by atoms with Crippen LogP contribution in [0.15, 0.2) is 46.3 Å². The lowest BCUT2D eigenvalue weighted by Gasteiger charge is -2.05. The molecule has 17 heavy (non-hydrogen) atoms. The molecular formula is C12H11ClN2OS. The van der Waals surface area contributed by atoms with Gasteiger partial charge in [0.25, 0.3) is 0 Å². The molecule has 88 valence electrons. The number of nitrogen functional groups attached to an aromatic ring is 1. The Morgan fingerprint density at radius 2 is 1.88 bits per heavy atom.